The molecule has 2 heterocycles. The maximum atomic E-state index is 12.4. The van der Waals surface area contributed by atoms with Gasteiger partial charge in [-0.05, 0) is 43.3 Å². The Balaban J connectivity index is 1.58. The SMILES string of the molecule is CC(=O)Nc1ccc(NC(=O)[C@@H](C)Sc2n[nH]c(-c3ccncc3)n2)cc1. The Morgan fingerprint density at radius 2 is 1.67 bits per heavy atom. The summed E-state index contributed by atoms with van der Waals surface area (Å²) in [7, 11) is 0. The highest BCUT2D eigenvalue weighted by atomic mass is 32.2. The Morgan fingerprint density at radius 1 is 1.04 bits per heavy atom. The van der Waals surface area contributed by atoms with Crippen molar-refractivity contribution in [2.45, 2.75) is 24.3 Å². The maximum absolute atomic E-state index is 12.4. The molecule has 0 unspecified atom stereocenters. The Labute approximate surface area is 160 Å². The minimum absolute atomic E-state index is 0.144. The lowest BCUT2D eigenvalue weighted by molar-refractivity contribution is -0.115. The van der Waals surface area contributed by atoms with E-state index in [1.807, 2.05) is 12.1 Å². The lowest BCUT2D eigenvalue weighted by Gasteiger charge is -2.10. The number of aromatic nitrogens is 4. The zero-order chi connectivity index (χ0) is 19.2. The van der Waals surface area contributed by atoms with Gasteiger partial charge in [0.1, 0.15) is 0 Å². The van der Waals surface area contributed by atoms with Gasteiger partial charge in [-0.2, -0.15) is 0 Å². The van der Waals surface area contributed by atoms with Gasteiger partial charge in [0.15, 0.2) is 5.82 Å². The van der Waals surface area contributed by atoms with Crippen molar-refractivity contribution in [1.29, 1.82) is 0 Å². The van der Waals surface area contributed by atoms with Crippen molar-refractivity contribution in [2.75, 3.05) is 10.6 Å². The molecule has 3 N–H and O–H groups in total. The number of carbonyl (C=O) groups is 2. The molecule has 0 saturated carbocycles. The second-order valence-electron chi connectivity index (χ2n) is 5.71. The van der Waals surface area contributed by atoms with Crippen LogP contribution in [0.15, 0.2) is 53.9 Å². The number of H-pyrrole nitrogens is 1. The Kier molecular flexibility index (Phi) is 5.82. The van der Waals surface area contributed by atoms with E-state index in [2.05, 4.69) is 30.8 Å². The predicted octanol–water partition coefficient (Wildman–Crippen LogP) is 2.94. The fourth-order valence-electron chi connectivity index (χ4n) is 2.23. The largest absolute Gasteiger partial charge is 0.326 e. The molecule has 1 atom stereocenters. The van der Waals surface area contributed by atoms with Crippen LogP contribution in [-0.2, 0) is 9.59 Å². The van der Waals surface area contributed by atoms with Crippen molar-refractivity contribution in [2.24, 2.45) is 0 Å². The number of benzene rings is 1. The van der Waals surface area contributed by atoms with Crippen molar-refractivity contribution < 1.29 is 9.59 Å². The van der Waals surface area contributed by atoms with Crippen LogP contribution < -0.4 is 10.6 Å². The van der Waals surface area contributed by atoms with Crippen molar-refractivity contribution >= 4 is 35.0 Å². The minimum Gasteiger partial charge on any atom is -0.326 e. The molecule has 2 aromatic heterocycles. The molecule has 0 aliphatic rings. The van der Waals surface area contributed by atoms with Gasteiger partial charge in [-0.3, -0.25) is 19.7 Å². The quantitative estimate of drug-likeness (QED) is 0.565. The van der Waals surface area contributed by atoms with E-state index in [-0.39, 0.29) is 17.1 Å². The molecule has 1 aromatic carbocycles. The van der Waals surface area contributed by atoms with Gasteiger partial charge in [0.25, 0.3) is 0 Å². The standard InChI is InChI=1S/C18H18N6O2S/c1-11(17(26)21-15-5-3-14(4-6-15)20-12(2)25)27-18-22-16(23-24-18)13-7-9-19-10-8-13/h3-11H,1-2H3,(H,20,25)(H,21,26)(H,22,23,24)/t11-/m1/s1. The lowest BCUT2D eigenvalue weighted by Crippen LogP contribution is -2.22. The monoisotopic (exact) mass is 382 g/mol. The van der Waals surface area contributed by atoms with E-state index < -0.39 is 0 Å². The summed E-state index contributed by atoms with van der Waals surface area (Å²) < 4.78 is 0. The zero-order valence-corrected chi connectivity index (χ0v) is 15.6. The maximum Gasteiger partial charge on any atom is 0.237 e. The van der Waals surface area contributed by atoms with E-state index in [0.29, 0.717) is 22.4 Å². The average Bonchev–Trinajstić information content (AvgIpc) is 3.12. The number of nitrogens with one attached hydrogen (secondary N) is 3. The van der Waals surface area contributed by atoms with Crippen molar-refractivity contribution in [3.8, 4) is 11.4 Å². The van der Waals surface area contributed by atoms with E-state index in [1.54, 1.807) is 43.6 Å². The summed E-state index contributed by atoms with van der Waals surface area (Å²) in [5.74, 6) is 0.318. The number of amides is 2. The van der Waals surface area contributed by atoms with E-state index in [1.165, 1.54) is 18.7 Å². The van der Waals surface area contributed by atoms with Crippen LogP contribution in [0.5, 0.6) is 0 Å². The fraction of sp³-hybridized carbons (Fsp3) is 0.167. The Bertz CT molecular complexity index is 927. The molecule has 2 amide bonds. The normalized spacial score (nSPS) is 11.6. The summed E-state index contributed by atoms with van der Waals surface area (Å²) >= 11 is 1.26. The number of anilines is 2. The number of pyridine rings is 1. The third-order valence-corrected chi connectivity index (χ3v) is 4.50. The minimum atomic E-state index is -0.388. The van der Waals surface area contributed by atoms with Crippen LogP contribution in [0.2, 0.25) is 0 Å². The predicted molar refractivity (Wildman–Crippen MR) is 104 cm³/mol. The van der Waals surface area contributed by atoms with Crippen LogP contribution >= 0.6 is 11.8 Å². The van der Waals surface area contributed by atoms with E-state index >= 15 is 0 Å². The topological polar surface area (TPSA) is 113 Å². The number of thioether (sulfide) groups is 1. The first-order valence-corrected chi connectivity index (χ1v) is 9.07. The van der Waals surface area contributed by atoms with Gasteiger partial charge in [0.05, 0.1) is 5.25 Å². The second kappa shape index (κ2) is 8.45. The first-order chi connectivity index (χ1) is 13.0. The van der Waals surface area contributed by atoms with Gasteiger partial charge in [-0.25, -0.2) is 4.98 Å². The Morgan fingerprint density at radius 3 is 2.30 bits per heavy atom. The van der Waals surface area contributed by atoms with Gasteiger partial charge in [0.2, 0.25) is 17.0 Å². The molecule has 27 heavy (non-hydrogen) atoms. The van der Waals surface area contributed by atoms with Crippen LogP contribution in [0.1, 0.15) is 13.8 Å². The molecule has 3 rings (SSSR count). The Hall–Kier alpha value is -3.20. The fourth-order valence-corrected chi connectivity index (χ4v) is 2.96. The molecule has 0 aliphatic heterocycles. The highest BCUT2D eigenvalue weighted by Crippen LogP contribution is 2.23. The molecule has 0 spiro atoms. The van der Waals surface area contributed by atoms with Crippen molar-refractivity contribution in [3.05, 3.63) is 48.8 Å². The van der Waals surface area contributed by atoms with Crippen molar-refractivity contribution in [1.82, 2.24) is 20.2 Å². The molecule has 0 radical (unpaired) electrons. The number of hydrogen-bond acceptors (Lipinski definition) is 6. The second-order valence-corrected chi connectivity index (χ2v) is 7.02. The molecule has 138 valence electrons. The summed E-state index contributed by atoms with van der Waals surface area (Å²) in [5.41, 5.74) is 2.20. The van der Waals surface area contributed by atoms with Crippen LogP contribution in [0, 0.1) is 0 Å². The molecular formula is C18H18N6O2S. The zero-order valence-electron chi connectivity index (χ0n) is 14.8. The summed E-state index contributed by atoms with van der Waals surface area (Å²) in [5, 5.41) is 12.6. The molecule has 0 bridgehead atoms. The average molecular weight is 382 g/mol. The first-order valence-electron chi connectivity index (χ1n) is 8.19. The highest BCUT2D eigenvalue weighted by Gasteiger charge is 2.17. The number of carbonyl (C=O) groups excluding carboxylic acids is 2. The van der Waals surface area contributed by atoms with Gasteiger partial charge in [-0.15, -0.1) is 5.10 Å². The van der Waals surface area contributed by atoms with Crippen molar-refractivity contribution in [3.63, 3.8) is 0 Å². The molecule has 8 nitrogen and oxygen atoms in total. The molecule has 0 saturated heterocycles. The number of nitrogens with zero attached hydrogens (tertiary/aromatic N) is 3. The van der Waals surface area contributed by atoms with Gasteiger partial charge >= 0.3 is 0 Å². The summed E-state index contributed by atoms with van der Waals surface area (Å²) in [6, 6.07) is 10.6. The number of hydrogen-bond donors (Lipinski definition) is 3. The van der Waals surface area contributed by atoms with Gasteiger partial charge in [0, 0.05) is 36.3 Å². The van der Waals surface area contributed by atoms with Gasteiger partial charge < -0.3 is 10.6 Å². The van der Waals surface area contributed by atoms with Crippen LogP contribution in [0.25, 0.3) is 11.4 Å². The van der Waals surface area contributed by atoms with Gasteiger partial charge in [-0.1, -0.05) is 11.8 Å². The summed E-state index contributed by atoms with van der Waals surface area (Å²) in [6.45, 7) is 3.23. The molecule has 0 aliphatic carbocycles. The smallest absolute Gasteiger partial charge is 0.237 e. The third kappa shape index (κ3) is 5.14. The summed E-state index contributed by atoms with van der Waals surface area (Å²) in [4.78, 5) is 31.8. The van der Waals surface area contributed by atoms with E-state index in [4.69, 9.17) is 0 Å². The highest BCUT2D eigenvalue weighted by molar-refractivity contribution is 8.00. The molecule has 9 heteroatoms. The molecular weight excluding hydrogens is 364 g/mol. The summed E-state index contributed by atoms with van der Waals surface area (Å²) in [6.07, 6.45) is 3.36. The molecule has 3 aromatic rings. The van der Waals surface area contributed by atoms with E-state index in [0.717, 1.165) is 5.56 Å². The van der Waals surface area contributed by atoms with Crippen LogP contribution in [0.4, 0.5) is 11.4 Å². The van der Waals surface area contributed by atoms with E-state index in [9.17, 15) is 9.59 Å². The molecule has 0 fully saturated rings. The van der Waals surface area contributed by atoms with Crippen LogP contribution in [0.3, 0.4) is 0 Å². The number of aromatic amines is 1. The number of rotatable bonds is 6. The first kappa shape index (κ1) is 18.6. The van der Waals surface area contributed by atoms with Crippen LogP contribution in [-0.4, -0.2) is 37.2 Å². The third-order valence-electron chi connectivity index (χ3n) is 3.54. The lowest BCUT2D eigenvalue weighted by atomic mass is 10.2.